The molecule has 0 aromatic rings. The zero-order valence-corrected chi connectivity index (χ0v) is 13.0. The van der Waals surface area contributed by atoms with Gasteiger partial charge < -0.3 is 16.0 Å². The first-order valence-electron chi connectivity index (χ1n) is 8.00. The lowest BCUT2D eigenvalue weighted by atomic mass is 9.97. The molecule has 0 aliphatic carbocycles. The molecule has 0 radical (unpaired) electrons. The van der Waals surface area contributed by atoms with Gasteiger partial charge in [0.05, 0.1) is 5.54 Å². The van der Waals surface area contributed by atoms with Gasteiger partial charge in [0.2, 0.25) is 5.91 Å². The number of carbonyl (C=O) groups is 1. The van der Waals surface area contributed by atoms with E-state index in [1.807, 2.05) is 14.0 Å². The number of rotatable bonds is 6. The second-order valence-corrected chi connectivity index (χ2v) is 6.54. The molecule has 3 N–H and O–H groups in total. The van der Waals surface area contributed by atoms with Crippen molar-refractivity contribution in [1.82, 2.24) is 15.1 Å². The number of hydrogen-bond acceptors (Lipinski definition) is 4. The average Bonchev–Trinajstić information content (AvgIpc) is 2.94. The van der Waals surface area contributed by atoms with Crippen molar-refractivity contribution in [3.63, 3.8) is 0 Å². The zero-order chi connectivity index (χ0) is 14.6. The van der Waals surface area contributed by atoms with Crippen molar-refractivity contribution in [3.8, 4) is 0 Å². The van der Waals surface area contributed by atoms with Crippen LogP contribution in [0.15, 0.2) is 0 Å². The van der Waals surface area contributed by atoms with Crippen LogP contribution in [0, 0.1) is 0 Å². The summed E-state index contributed by atoms with van der Waals surface area (Å²) in [6.07, 6.45) is 6.16. The van der Waals surface area contributed by atoms with Gasteiger partial charge in [0, 0.05) is 19.1 Å². The largest absolute Gasteiger partial charge is 0.368 e. The summed E-state index contributed by atoms with van der Waals surface area (Å²) >= 11 is 0. The Hall–Kier alpha value is -0.650. The van der Waals surface area contributed by atoms with Gasteiger partial charge in [-0.2, -0.15) is 0 Å². The number of likely N-dealkylation sites (N-methyl/N-ethyl adjacent to an activating group) is 1. The molecule has 1 amide bonds. The van der Waals surface area contributed by atoms with Gasteiger partial charge >= 0.3 is 0 Å². The van der Waals surface area contributed by atoms with Crippen LogP contribution in [0.25, 0.3) is 0 Å². The van der Waals surface area contributed by atoms with Gasteiger partial charge in [-0.05, 0) is 59.3 Å². The molecule has 0 aromatic heterocycles. The maximum absolute atomic E-state index is 11.5. The molecule has 0 aromatic carbocycles. The highest BCUT2D eigenvalue weighted by Crippen LogP contribution is 2.21. The second-order valence-electron chi connectivity index (χ2n) is 6.54. The van der Waals surface area contributed by atoms with E-state index in [-0.39, 0.29) is 5.91 Å². The summed E-state index contributed by atoms with van der Waals surface area (Å²) in [5.74, 6) is -0.258. The fourth-order valence-electron chi connectivity index (χ4n) is 3.35. The fourth-order valence-corrected chi connectivity index (χ4v) is 3.35. The number of piperidine rings is 1. The molecule has 0 saturated carbocycles. The van der Waals surface area contributed by atoms with E-state index in [9.17, 15) is 4.79 Å². The quantitative estimate of drug-likeness (QED) is 0.740. The third kappa shape index (κ3) is 3.71. The smallest absolute Gasteiger partial charge is 0.237 e. The fraction of sp³-hybridized carbons (Fsp3) is 0.933. The van der Waals surface area contributed by atoms with Crippen molar-refractivity contribution >= 4 is 5.91 Å². The van der Waals surface area contributed by atoms with Gasteiger partial charge in [-0.3, -0.25) is 9.69 Å². The van der Waals surface area contributed by atoms with Crippen LogP contribution >= 0.6 is 0 Å². The summed E-state index contributed by atoms with van der Waals surface area (Å²) in [4.78, 5) is 16.6. The molecule has 0 spiro atoms. The number of nitrogens with two attached hydrogens (primary N) is 1. The minimum atomic E-state index is -0.580. The lowest BCUT2D eigenvalue weighted by Gasteiger charge is -2.32. The minimum Gasteiger partial charge on any atom is -0.368 e. The lowest BCUT2D eigenvalue weighted by molar-refractivity contribution is -0.124. The summed E-state index contributed by atoms with van der Waals surface area (Å²) in [6, 6.07) is 0.727. The highest BCUT2D eigenvalue weighted by molar-refractivity contribution is 5.84. The molecule has 2 atom stereocenters. The monoisotopic (exact) mass is 282 g/mol. The van der Waals surface area contributed by atoms with Crippen LogP contribution in [0.5, 0.6) is 0 Å². The van der Waals surface area contributed by atoms with Gasteiger partial charge in [-0.25, -0.2) is 0 Å². The molecule has 20 heavy (non-hydrogen) atoms. The van der Waals surface area contributed by atoms with E-state index < -0.39 is 5.54 Å². The third-order valence-corrected chi connectivity index (χ3v) is 5.18. The molecule has 2 unspecified atom stereocenters. The first-order valence-corrected chi connectivity index (χ1v) is 8.00. The molecule has 2 fully saturated rings. The summed E-state index contributed by atoms with van der Waals surface area (Å²) in [6.45, 7) is 7.69. The Morgan fingerprint density at radius 3 is 2.60 bits per heavy atom. The number of likely N-dealkylation sites (tertiary alicyclic amines) is 2. The molecule has 2 aliphatic heterocycles. The Bertz CT molecular complexity index is 330. The SMILES string of the molecule is CNC(C)(CCN1CCC(N2CCCCC2)C1)C(N)=O. The Balaban J connectivity index is 1.77. The predicted octanol–water partition coefficient (Wildman–Crippen LogP) is 0.400. The molecule has 2 aliphatic rings. The predicted molar refractivity (Wildman–Crippen MR) is 81.5 cm³/mol. The van der Waals surface area contributed by atoms with Gasteiger partial charge in [0.25, 0.3) is 0 Å². The van der Waals surface area contributed by atoms with E-state index in [0.29, 0.717) is 0 Å². The number of carbonyl (C=O) groups excluding carboxylic acids is 1. The van der Waals surface area contributed by atoms with Crippen LogP contribution < -0.4 is 11.1 Å². The molecular formula is C15H30N4O. The first-order chi connectivity index (χ1) is 9.55. The summed E-state index contributed by atoms with van der Waals surface area (Å²) in [7, 11) is 1.81. The minimum absolute atomic E-state index is 0.258. The van der Waals surface area contributed by atoms with Gasteiger partial charge in [-0.15, -0.1) is 0 Å². The number of nitrogens with one attached hydrogen (secondary N) is 1. The molecule has 2 rings (SSSR count). The summed E-state index contributed by atoms with van der Waals surface area (Å²) in [5.41, 5.74) is 4.90. The Kier molecular flexibility index (Phi) is 5.41. The van der Waals surface area contributed by atoms with Crippen molar-refractivity contribution in [2.45, 2.75) is 50.6 Å². The topological polar surface area (TPSA) is 61.6 Å². The molecular weight excluding hydrogens is 252 g/mol. The molecule has 2 heterocycles. The molecule has 116 valence electrons. The standard InChI is InChI=1S/C15H30N4O/c1-15(17-2,14(16)20)7-11-18-10-6-13(12-18)19-8-4-3-5-9-19/h13,17H,3-12H2,1-2H3,(H2,16,20). The van der Waals surface area contributed by atoms with Crippen LogP contribution in [0.1, 0.15) is 39.0 Å². The van der Waals surface area contributed by atoms with E-state index in [1.54, 1.807) is 0 Å². The van der Waals surface area contributed by atoms with E-state index >= 15 is 0 Å². The van der Waals surface area contributed by atoms with Crippen molar-refractivity contribution in [1.29, 1.82) is 0 Å². The van der Waals surface area contributed by atoms with Crippen molar-refractivity contribution in [3.05, 3.63) is 0 Å². The number of primary amides is 1. The van der Waals surface area contributed by atoms with Gasteiger partial charge in [0.1, 0.15) is 0 Å². The molecule has 2 saturated heterocycles. The van der Waals surface area contributed by atoms with E-state index in [2.05, 4.69) is 15.1 Å². The van der Waals surface area contributed by atoms with E-state index in [1.165, 1.54) is 38.8 Å². The molecule has 5 nitrogen and oxygen atoms in total. The second kappa shape index (κ2) is 6.87. The first kappa shape index (κ1) is 15.7. The van der Waals surface area contributed by atoms with Crippen molar-refractivity contribution < 1.29 is 4.79 Å². The zero-order valence-electron chi connectivity index (χ0n) is 13.0. The summed E-state index contributed by atoms with van der Waals surface area (Å²) in [5, 5.41) is 3.06. The lowest BCUT2D eigenvalue weighted by Crippen LogP contribution is -2.53. The Labute approximate surface area is 122 Å². The third-order valence-electron chi connectivity index (χ3n) is 5.18. The van der Waals surface area contributed by atoms with Gasteiger partial charge in [-0.1, -0.05) is 6.42 Å². The average molecular weight is 282 g/mol. The number of amides is 1. The highest BCUT2D eigenvalue weighted by atomic mass is 16.1. The van der Waals surface area contributed by atoms with Gasteiger partial charge in [0.15, 0.2) is 0 Å². The number of nitrogens with zero attached hydrogens (tertiary/aromatic N) is 2. The van der Waals surface area contributed by atoms with Crippen LogP contribution in [0.3, 0.4) is 0 Å². The van der Waals surface area contributed by atoms with Crippen LogP contribution in [0.4, 0.5) is 0 Å². The Morgan fingerprint density at radius 2 is 2.00 bits per heavy atom. The Morgan fingerprint density at radius 1 is 1.30 bits per heavy atom. The number of hydrogen-bond donors (Lipinski definition) is 2. The van der Waals surface area contributed by atoms with Crippen molar-refractivity contribution in [2.24, 2.45) is 5.73 Å². The normalized spacial score (nSPS) is 28.4. The van der Waals surface area contributed by atoms with E-state index in [4.69, 9.17) is 5.73 Å². The van der Waals surface area contributed by atoms with Crippen LogP contribution in [-0.4, -0.2) is 67.1 Å². The molecule has 0 bridgehead atoms. The van der Waals surface area contributed by atoms with Crippen LogP contribution in [0.2, 0.25) is 0 Å². The van der Waals surface area contributed by atoms with Crippen molar-refractivity contribution in [2.75, 3.05) is 39.8 Å². The van der Waals surface area contributed by atoms with E-state index in [0.717, 1.165) is 32.1 Å². The maximum atomic E-state index is 11.5. The molecule has 5 heteroatoms. The maximum Gasteiger partial charge on any atom is 0.237 e. The van der Waals surface area contributed by atoms with Crippen LogP contribution in [-0.2, 0) is 4.79 Å². The summed E-state index contributed by atoms with van der Waals surface area (Å²) < 4.78 is 0. The highest BCUT2D eigenvalue weighted by Gasteiger charge is 2.32.